The Morgan fingerprint density at radius 2 is 1.36 bits per heavy atom. The van der Waals surface area contributed by atoms with E-state index in [1.807, 2.05) is 29.2 Å². The van der Waals surface area contributed by atoms with E-state index >= 15 is 0 Å². The van der Waals surface area contributed by atoms with Crippen molar-refractivity contribution in [2.24, 2.45) is 0 Å². The molecule has 2 aromatic rings. The molecule has 2 aliphatic heterocycles. The van der Waals surface area contributed by atoms with Gasteiger partial charge in [0.05, 0.1) is 6.54 Å². The molecule has 0 unspecified atom stereocenters. The lowest BCUT2D eigenvalue weighted by molar-refractivity contribution is -0.132. The van der Waals surface area contributed by atoms with Crippen LogP contribution in [0.25, 0.3) is 0 Å². The highest BCUT2D eigenvalue weighted by molar-refractivity contribution is 6.30. The molecule has 148 valence electrons. The van der Waals surface area contributed by atoms with Crippen molar-refractivity contribution >= 4 is 28.9 Å². The van der Waals surface area contributed by atoms with E-state index in [1.165, 1.54) is 5.69 Å². The Labute approximate surface area is 172 Å². The summed E-state index contributed by atoms with van der Waals surface area (Å²) in [4.78, 5) is 21.7. The van der Waals surface area contributed by atoms with Crippen molar-refractivity contribution < 1.29 is 4.79 Å². The summed E-state index contributed by atoms with van der Waals surface area (Å²) in [5.74, 6) is 0.254. The number of anilines is 2. The lowest BCUT2D eigenvalue weighted by Crippen LogP contribution is -2.54. The van der Waals surface area contributed by atoms with Crippen molar-refractivity contribution in [3.05, 3.63) is 59.6 Å². The van der Waals surface area contributed by atoms with Crippen molar-refractivity contribution in [2.45, 2.75) is 0 Å². The molecule has 0 N–H and O–H groups in total. The number of para-hydroxylation sites is 1. The minimum absolute atomic E-state index is 0.254. The van der Waals surface area contributed by atoms with E-state index in [1.54, 1.807) is 0 Å². The van der Waals surface area contributed by atoms with Gasteiger partial charge in [0.15, 0.2) is 0 Å². The number of nitrogens with zero attached hydrogens (tertiary/aromatic N) is 4. The fourth-order valence-electron chi connectivity index (χ4n) is 3.98. The predicted octanol–water partition coefficient (Wildman–Crippen LogP) is 2.81. The van der Waals surface area contributed by atoms with E-state index < -0.39 is 0 Å². The molecule has 2 aliphatic rings. The second-order valence-corrected chi connectivity index (χ2v) is 7.88. The molecule has 0 spiro atoms. The fraction of sp³-hybridized carbons (Fsp3) is 0.409. The Morgan fingerprint density at radius 3 is 2.04 bits per heavy atom. The zero-order valence-electron chi connectivity index (χ0n) is 16.1. The summed E-state index contributed by atoms with van der Waals surface area (Å²) in [6.07, 6.45) is 0. The molecule has 2 heterocycles. The van der Waals surface area contributed by atoms with E-state index in [9.17, 15) is 4.79 Å². The summed E-state index contributed by atoms with van der Waals surface area (Å²) >= 11 is 6.11. The van der Waals surface area contributed by atoms with E-state index in [2.05, 4.69) is 45.0 Å². The average Bonchev–Trinajstić information content (AvgIpc) is 2.75. The first kappa shape index (κ1) is 19.1. The lowest BCUT2D eigenvalue weighted by Gasteiger charge is -2.39. The van der Waals surface area contributed by atoms with Gasteiger partial charge in [0.2, 0.25) is 5.91 Å². The molecule has 6 heteroatoms. The molecule has 0 radical (unpaired) electrons. The first-order valence-corrected chi connectivity index (χ1v) is 10.4. The molecule has 0 aliphatic carbocycles. The Bertz CT molecular complexity index is 784. The van der Waals surface area contributed by atoms with Gasteiger partial charge in [0.25, 0.3) is 0 Å². The second-order valence-electron chi connectivity index (χ2n) is 7.45. The number of carbonyl (C=O) groups excluding carboxylic acids is 1. The van der Waals surface area contributed by atoms with Gasteiger partial charge in [-0.15, -0.1) is 0 Å². The van der Waals surface area contributed by atoms with Gasteiger partial charge in [0, 0.05) is 68.8 Å². The summed E-state index contributed by atoms with van der Waals surface area (Å²) in [5.41, 5.74) is 2.40. The van der Waals surface area contributed by atoms with Crippen LogP contribution in [-0.4, -0.2) is 74.6 Å². The third-order valence-electron chi connectivity index (χ3n) is 5.66. The Morgan fingerprint density at radius 1 is 0.750 bits per heavy atom. The normalized spacial score (nSPS) is 18.4. The summed E-state index contributed by atoms with van der Waals surface area (Å²) in [6.45, 7) is 7.59. The van der Waals surface area contributed by atoms with Crippen LogP contribution in [0.3, 0.4) is 0 Å². The maximum atomic E-state index is 12.7. The molecule has 0 atom stereocenters. The van der Waals surface area contributed by atoms with E-state index in [0.29, 0.717) is 6.54 Å². The van der Waals surface area contributed by atoms with Gasteiger partial charge in [-0.25, -0.2) is 0 Å². The zero-order valence-corrected chi connectivity index (χ0v) is 16.9. The van der Waals surface area contributed by atoms with Crippen molar-refractivity contribution in [1.29, 1.82) is 0 Å². The quantitative estimate of drug-likeness (QED) is 0.792. The minimum Gasteiger partial charge on any atom is -0.369 e. The van der Waals surface area contributed by atoms with Gasteiger partial charge in [-0.2, -0.15) is 0 Å². The monoisotopic (exact) mass is 398 g/mol. The van der Waals surface area contributed by atoms with E-state index in [4.69, 9.17) is 11.6 Å². The first-order chi connectivity index (χ1) is 13.7. The van der Waals surface area contributed by atoms with Crippen molar-refractivity contribution in [2.75, 3.05) is 68.7 Å². The highest BCUT2D eigenvalue weighted by Gasteiger charge is 2.25. The molecule has 0 saturated carbocycles. The Kier molecular flexibility index (Phi) is 6.03. The zero-order chi connectivity index (χ0) is 19.3. The largest absolute Gasteiger partial charge is 0.369 e. The number of amides is 1. The number of halogens is 1. The van der Waals surface area contributed by atoms with Crippen LogP contribution in [0.1, 0.15) is 0 Å². The van der Waals surface area contributed by atoms with Crippen molar-refractivity contribution in [3.63, 3.8) is 0 Å². The second kappa shape index (κ2) is 8.84. The molecule has 2 saturated heterocycles. The number of carbonyl (C=O) groups is 1. The third-order valence-corrected chi connectivity index (χ3v) is 5.89. The smallest absolute Gasteiger partial charge is 0.236 e. The molecule has 1 amide bonds. The van der Waals surface area contributed by atoms with E-state index in [-0.39, 0.29) is 5.91 Å². The SMILES string of the molecule is O=C(CN1CCN(c2cccc(Cl)c2)CC1)N1CCN(c2ccccc2)CC1. The molecule has 5 nitrogen and oxygen atoms in total. The van der Waals surface area contributed by atoms with Gasteiger partial charge in [0.1, 0.15) is 0 Å². The summed E-state index contributed by atoms with van der Waals surface area (Å²) in [5, 5.41) is 0.768. The summed E-state index contributed by atoms with van der Waals surface area (Å²) in [6, 6.07) is 18.4. The van der Waals surface area contributed by atoms with Crippen LogP contribution in [0.15, 0.2) is 54.6 Å². The van der Waals surface area contributed by atoms with Gasteiger partial charge in [-0.1, -0.05) is 35.9 Å². The lowest BCUT2D eigenvalue weighted by atomic mass is 10.2. The number of hydrogen-bond donors (Lipinski definition) is 0. The van der Waals surface area contributed by atoms with E-state index in [0.717, 1.165) is 63.1 Å². The Hall–Kier alpha value is -2.24. The average molecular weight is 399 g/mol. The molecule has 2 aromatic carbocycles. The summed E-state index contributed by atoms with van der Waals surface area (Å²) in [7, 11) is 0. The molecule has 0 bridgehead atoms. The molecular formula is C22H27ClN4O. The van der Waals surface area contributed by atoms with Crippen LogP contribution in [-0.2, 0) is 4.79 Å². The number of hydrogen-bond acceptors (Lipinski definition) is 4. The minimum atomic E-state index is 0.254. The van der Waals surface area contributed by atoms with Crippen molar-refractivity contribution in [1.82, 2.24) is 9.80 Å². The highest BCUT2D eigenvalue weighted by Crippen LogP contribution is 2.21. The fourth-order valence-corrected chi connectivity index (χ4v) is 4.17. The molecule has 28 heavy (non-hydrogen) atoms. The van der Waals surface area contributed by atoms with Gasteiger partial charge in [-0.3, -0.25) is 9.69 Å². The maximum absolute atomic E-state index is 12.7. The topological polar surface area (TPSA) is 30.0 Å². The molecule has 2 fully saturated rings. The van der Waals surface area contributed by atoms with Crippen molar-refractivity contribution in [3.8, 4) is 0 Å². The standard InChI is InChI=1S/C22H27ClN4O/c23-19-5-4-8-21(17-19)26-11-9-24(10-12-26)18-22(28)27-15-13-25(14-16-27)20-6-2-1-3-7-20/h1-8,17H,9-16,18H2. The number of benzene rings is 2. The highest BCUT2D eigenvalue weighted by atomic mass is 35.5. The van der Waals surface area contributed by atoms with Gasteiger partial charge in [-0.05, 0) is 30.3 Å². The number of rotatable bonds is 4. The third kappa shape index (κ3) is 4.59. The maximum Gasteiger partial charge on any atom is 0.236 e. The molecular weight excluding hydrogens is 372 g/mol. The van der Waals surface area contributed by atoms with Crippen LogP contribution >= 0.6 is 11.6 Å². The predicted molar refractivity (Wildman–Crippen MR) is 115 cm³/mol. The summed E-state index contributed by atoms with van der Waals surface area (Å²) < 4.78 is 0. The van der Waals surface area contributed by atoms with Crippen LogP contribution in [0.4, 0.5) is 11.4 Å². The number of piperazine rings is 2. The molecule has 4 rings (SSSR count). The van der Waals surface area contributed by atoms with Crippen LogP contribution < -0.4 is 9.80 Å². The first-order valence-electron chi connectivity index (χ1n) is 10.00. The molecule has 0 aromatic heterocycles. The van der Waals surface area contributed by atoms with Crippen LogP contribution in [0, 0.1) is 0 Å². The van der Waals surface area contributed by atoms with Crippen LogP contribution in [0.2, 0.25) is 5.02 Å². The van der Waals surface area contributed by atoms with Gasteiger partial charge >= 0.3 is 0 Å². The van der Waals surface area contributed by atoms with Crippen LogP contribution in [0.5, 0.6) is 0 Å². The van der Waals surface area contributed by atoms with Gasteiger partial charge < -0.3 is 14.7 Å². The Balaban J connectivity index is 1.23.